The van der Waals surface area contributed by atoms with Crippen molar-refractivity contribution in [1.82, 2.24) is 4.90 Å². The average molecular weight is 275 g/mol. The summed E-state index contributed by atoms with van der Waals surface area (Å²) in [6.45, 7) is -0.249. The molecule has 2 amide bonds. The van der Waals surface area contributed by atoms with Crippen molar-refractivity contribution in [3.63, 3.8) is 0 Å². The Hall–Kier alpha value is -1.46. The molecule has 2 N–H and O–H groups in total. The molecule has 0 saturated carbocycles. The Bertz CT molecular complexity index is 505. The lowest BCUT2D eigenvalue weighted by atomic mass is 10.1. The summed E-state index contributed by atoms with van der Waals surface area (Å²) >= 11 is 11.9. The molecule has 0 unspecified atom stereocenters. The van der Waals surface area contributed by atoms with Gasteiger partial charge in [-0.1, -0.05) is 23.2 Å². The topological polar surface area (TPSA) is 69.6 Å². The molecule has 0 fully saturated rings. The van der Waals surface area contributed by atoms with Crippen LogP contribution in [0.1, 0.15) is 5.56 Å². The van der Waals surface area contributed by atoms with E-state index >= 15 is 0 Å². The number of aliphatic carboxylic acids is 1. The Morgan fingerprint density at radius 2 is 2.18 bits per heavy atom. The zero-order chi connectivity index (χ0) is 12.6. The molecule has 17 heavy (non-hydrogen) atoms. The summed E-state index contributed by atoms with van der Waals surface area (Å²) in [5.74, 6) is -1.08. The van der Waals surface area contributed by atoms with Gasteiger partial charge in [-0.15, -0.1) is 0 Å². The van der Waals surface area contributed by atoms with E-state index in [4.69, 9.17) is 28.3 Å². The van der Waals surface area contributed by atoms with Crippen LogP contribution < -0.4 is 5.32 Å². The minimum absolute atomic E-state index is 0.132. The van der Waals surface area contributed by atoms with E-state index in [9.17, 15) is 9.59 Å². The Labute approximate surface area is 107 Å². The number of benzene rings is 1. The molecule has 1 aromatic rings. The number of rotatable bonds is 2. The molecule has 7 heteroatoms. The van der Waals surface area contributed by atoms with Gasteiger partial charge < -0.3 is 15.3 Å². The van der Waals surface area contributed by atoms with Crippen molar-refractivity contribution < 1.29 is 14.7 Å². The predicted molar refractivity (Wildman–Crippen MR) is 63.5 cm³/mol. The van der Waals surface area contributed by atoms with Crippen LogP contribution >= 0.6 is 23.2 Å². The molecular formula is C10H8Cl2N2O3. The normalized spacial score (nSPS) is 14.2. The Morgan fingerprint density at radius 1 is 1.47 bits per heavy atom. The van der Waals surface area contributed by atoms with Crippen LogP contribution in [0.4, 0.5) is 10.5 Å². The molecule has 1 aliphatic rings. The molecule has 0 aromatic heterocycles. The maximum absolute atomic E-state index is 11.6. The van der Waals surface area contributed by atoms with E-state index in [0.717, 1.165) is 4.90 Å². The van der Waals surface area contributed by atoms with E-state index in [1.54, 1.807) is 12.1 Å². The molecule has 0 bridgehead atoms. The number of anilines is 1. The summed E-state index contributed by atoms with van der Waals surface area (Å²) < 4.78 is 0. The van der Waals surface area contributed by atoms with Gasteiger partial charge in [0.2, 0.25) is 0 Å². The molecule has 0 aliphatic carbocycles. The largest absolute Gasteiger partial charge is 0.480 e. The van der Waals surface area contributed by atoms with E-state index in [0.29, 0.717) is 21.3 Å². The van der Waals surface area contributed by atoms with Gasteiger partial charge in [0.25, 0.3) is 0 Å². The predicted octanol–water partition coefficient (Wildman–Crippen LogP) is 2.43. The summed E-state index contributed by atoms with van der Waals surface area (Å²) in [5, 5.41) is 11.9. The fourth-order valence-electron chi connectivity index (χ4n) is 1.61. The minimum Gasteiger partial charge on any atom is -0.480 e. The van der Waals surface area contributed by atoms with E-state index in [1.807, 2.05) is 0 Å². The van der Waals surface area contributed by atoms with E-state index < -0.39 is 12.0 Å². The minimum atomic E-state index is -1.08. The third-order valence-corrected chi connectivity index (χ3v) is 3.24. The fourth-order valence-corrected chi connectivity index (χ4v) is 2.01. The number of carbonyl (C=O) groups excluding carboxylic acids is 1. The van der Waals surface area contributed by atoms with Crippen molar-refractivity contribution in [2.24, 2.45) is 0 Å². The number of fused-ring (bicyclic) bond motifs is 1. The van der Waals surface area contributed by atoms with Crippen molar-refractivity contribution >= 4 is 40.9 Å². The monoisotopic (exact) mass is 274 g/mol. The van der Waals surface area contributed by atoms with Gasteiger partial charge in [0.15, 0.2) is 0 Å². The molecular weight excluding hydrogens is 267 g/mol. The molecule has 0 saturated heterocycles. The molecule has 0 radical (unpaired) electrons. The first-order valence-electron chi connectivity index (χ1n) is 4.73. The summed E-state index contributed by atoms with van der Waals surface area (Å²) in [7, 11) is 0. The number of carboxylic acid groups (broad SMARTS) is 1. The van der Waals surface area contributed by atoms with Crippen molar-refractivity contribution in [2.75, 3.05) is 11.9 Å². The smallest absolute Gasteiger partial charge is 0.323 e. The van der Waals surface area contributed by atoms with Crippen LogP contribution in [0.15, 0.2) is 12.1 Å². The zero-order valence-electron chi connectivity index (χ0n) is 8.54. The number of nitrogens with one attached hydrogen (secondary N) is 1. The average Bonchev–Trinajstić information content (AvgIpc) is 2.25. The SMILES string of the molecule is O=C(O)CN1Cc2c(ccc(Cl)c2Cl)NC1=O. The zero-order valence-corrected chi connectivity index (χ0v) is 10.0. The molecule has 1 heterocycles. The van der Waals surface area contributed by atoms with Gasteiger partial charge in [0.1, 0.15) is 6.54 Å². The van der Waals surface area contributed by atoms with E-state index in [-0.39, 0.29) is 13.1 Å². The highest BCUT2D eigenvalue weighted by Crippen LogP contribution is 2.34. The number of amides is 2. The van der Waals surface area contributed by atoms with Crippen molar-refractivity contribution in [3.05, 3.63) is 27.7 Å². The summed E-state index contributed by atoms with van der Waals surface area (Å²) in [6, 6.07) is 2.76. The molecule has 0 spiro atoms. The highest BCUT2D eigenvalue weighted by Gasteiger charge is 2.26. The molecule has 90 valence electrons. The number of halogens is 2. The van der Waals surface area contributed by atoms with Gasteiger partial charge in [0.05, 0.1) is 16.6 Å². The first kappa shape index (κ1) is 12.0. The van der Waals surface area contributed by atoms with Crippen LogP contribution in [-0.2, 0) is 11.3 Å². The number of hydrogen-bond donors (Lipinski definition) is 2. The first-order chi connectivity index (χ1) is 7.99. The second kappa shape index (κ2) is 4.43. The summed E-state index contributed by atoms with van der Waals surface area (Å²) in [4.78, 5) is 23.3. The van der Waals surface area contributed by atoms with E-state index in [1.165, 1.54) is 0 Å². The van der Waals surface area contributed by atoms with Crippen LogP contribution in [0.2, 0.25) is 10.0 Å². The highest BCUT2D eigenvalue weighted by molar-refractivity contribution is 6.42. The van der Waals surface area contributed by atoms with Gasteiger partial charge in [-0.05, 0) is 12.1 Å². The van der Waals surface area contributed by atoms with E-state index in [2.05, 4.69) is 5.32 Å². The molecule has 1 aliphatic heterocycles. The van der Waals surface area contributed by atoms with Crippen molar-refractivity contribution in [3.8, 4) is 0 Å². The highest BCUT2D eigenvalue weighted by atomic mass is 35.5. The van der Waals surface area contributed by atoms with Gasteiger partial charge in [0, 0.05) is 11.3 Å². The van der Waals surface area contributed by atoms with Crippen LogP contribution in [0, 0.1) is 0 Å². The second-order valence-corrected chi connectivity index (χ2v) is 4.35. The Morgan fingerprint density at radius 3 is 2.82 bits per heavy atom. The van der Waals surface area contributed by atoms with Gasteiger partial charge in [-0.25, -0.2) is 4.79 Å². The van der Waals surface area contributed by atoms with Gasteiger partial charge in [-0.2, -0.15) is 0 Å². The lowest BCUT2D eigenvalue weighted by Gasteiger charge is -2.28. The number of carboxylic acids is 1. The molecule has 1 aromatic carbocycles. The molecule has 0 atom stereocenters. The van der Waals surface area contributed by atoms with Crippen LogP contribution in [-0.4, -0.2) is 28.6 Å². The van der Waals surface area contributed by atoms with Crippen LogP contribution in [0.25, 0.3) is 0 Å². The standard InChI is InChI=1S/C10H8Cl2N2O3/c11-6-1-2-7-5(9(6)12)3-14(4-8(15)16)10(17)13-7/h1-2H,3-4H2,(H,13,17)(H,15,16). The van der Waals surface area contributed by atoms with Gasteiger partial charge >= 0.3 is 12.0 Å². The van der Waals surface area contributed by atoms with Crippen LogP contribution in [0.5, 0.6) is 0 Å². The molecule has 5 nitrogen and oxygen atoms in total. The summed E-state index contributed by atoms with van der Waals surface area (Å²) in [6.07, 6.45) is 0. The second-order valence-electron chi connectivity index (χ2n) is 3.57. The lowest BCUT2D eigenvalue weighted by Crippen LogP contribution is -2.41. The van der Waals surface area contributed by atoms with Crippen molar-refractivity contribution in [1.29, 1.82) is 0 Å². The third-order valence-electron chi connectivity index (χ3n) is 2.40. The maximum atomic E-state index is 11.6. The van der Waals surface area contributed by atoms with Crippen LogP contribution in [0.3, 0.4) is 0 Å². The number of carbonyl (C=O) groups is 2. The van der Waals surface area contributed by atoms with Crippen molar-refractivity contribution in [2.45, 2.75) is 6.54 Å². The van der Waals surface area contributed by atoms with Gasteiger partial charge in [-0.3, -0.25) is 4.79 Å². The fraction of sp³-hybridized carbons (Fsp3) is 0.200. The maximum Gasteiger partial charge on any atom is 0.323 e. The quantitative estimate of drug-likeness (QED) is 0.870. The Balaban J connectivity index is 2.35. The Kier molecular flexibility index (Phi) is 3.13. The number of nitrogens with zero attached hydrogens (tertiary/aromatic N) is 1. The summed E-state index contributed by atoms with van der Waals surface area (Å²) in [5.41, 5.74) is 1.19. The molecule has 2 rings (SSSR count). The third kappa shape index (κ3) is 2.30. The lowest BCUT2D eigenvalue weighted by molar-refractivity contribution is -0.137. The first-order valence-corrected chi connectivity index (χ1v) is 5.49. The number of urea groups is 1. The number of hydrogen-bond acceptors (Lipinski definition) is 2.